The number of nitrogens with zero attached hydrogens (tertiary/aromatic N) is 3. The van der Waals surface area contributed by atoms with Crippen LogP contribution in [0.25, 0.3) is 0 Å². The van der Waals surface area contributed by atoms with Crippen LogP contribution in [-0.4, -0.2) is 85.5 Å². The van der Waals surface area contributed by atoms with Crippen LogP contribution in [0.1, 0.15) is 30.9 Å². The number of carbonyl (C=O) groups is 2. The maximum Gasteiger partial charge on any atom is 0.323 e. The van der Waals surface area contributed by atoms with E-state index in [1.165, 1.54) is 18.3 Å². The summed E-state index contributed by atoms with van der Waals surface area (Å²) >= 11 is 0. The van der Waals surface area contributed by atoms with Crippen molar-refractivity contribution in [2.24, 2.45) is 5.92 Å². The van der Waals surface area contributed by atoms with E-state index in [0.29, 0.717) is 34.2 Å². The number of sulfonamides is 1. The normalized spacial score (nSPS) is 18.8. The van der Waals surface area contributed by atoms with Gasteiger partial charge in [-0.05, 0) is 51.1 Å². The highest BCUT2D eigenvalue weighted by Gasteiger charge is 2.35. The number of aliphatic hydroxyl groups is 1. The van der Waals surface area contributed by atoms with Crippen molar-refractivity contribution in [2.45, 2.75) is 51.2 Å². The predicted molar refractivity (Wildman–Crippen MR) is 163 cm³/mol. The molecule has 0 unspecified atom stereocenters. The third kappa shape index (κ3) is 6.84. The fraction of sp³-hybridized carbons (Fsp3) is 0.433. The number of hydrogen-bond acceptors (Lipinski definition) is 10. The van der Waals surface area contributed by atoms with Gasteiger partial charge in [-0.15, -0.1) is 0 Å². The average Bonchev–Trinajstić information content (AvgIpc) is 3.61. The van der Waals surface area contributed by atoms with E-state index in [2.05, 4.69) is 15.8 Å². The van der Waals surface area contributed by atoms with Gasteiger partial charge in [0.05, 0.1) is 25.6 Å². The number of aryl methyl sites for hydroxylation is 2. The van der Waals surface area contributed by atoms with Crippen LogP contribution in [0, 0.1) is 19.8 Å². The van der Waals surface area contributed by atoms with Crippen LogP contribution in [-0.2, 0) is 21.2 Å². The van der Waals surface area contributed by atoms with Gasteiger partial charge in [0.15, 0.2) is 17.3 Å². The molecule has 0 radical (unpaired) electrons. The molecule has 0 fully saturated rings. The summed E-state index contributed by atoms with van der Waals surface area (Å²) in [5.41, 5.74) is 1.65. The second-order valence-electron chi connectivity index (χ2n) is 11.3. The van der Waals surface area contributed by atoms with Crippen molar-refractivity contribution in [1.29, 1.82) is 0 Å². The van der Waals surface area contributed by atoms with Crippen molar-refractivity contribution in [1.82, 2.24) is 14.4 Å². The van der Waals surface area contributed by atoms with Gasteiger partial charge in [0.1, 0.15) is 22.4 Å². The van der Waals surface area contributed by atoms with Crippen LogP contribution in [0.3, 0.4) is 0 Å². The van der Waals surface area contributed by atoms with Gasteiger partial charge in [-0.1, -0.05) is 12.1 Å². The molecular formula is C30H37N5O9S. The topological polar surface area (TPSA) is 173 Å². The molecule has 0 saturated carbocycles. The van der Waals surface area contributed by atoms with Gasteiger partial charge in [-0.3, -0.25) is 4.79 Å². The molecule has 2 aliphatic heterocycles. The van der Waals surface area contributed by atoms with E-state index in [9.17, 15) is 23.1 Å². The number of aliphatic hydroxyl groups excluding tert-OH is 1. The van der Waals surface area contributed by atoms with Gasteiger partial charge in [0.2, 0.25) is 22.7 Å². The summed E-state index contributed by atoms with van der Waals surface area (Å²) in [5.74, 6) is 1.10. The average molecular weight is 644 g/mol. The SMILES string of the molecule is Cc1noc(C)c1S(=O)(=O)N(C)C[C@H]1Oc2ccc(NC(=O)Nc3ccc4c(c3)OCO4)cc2CC(=O)N([C@H](C)CO)C[C@@H]1C. The molecule has 3 aromatic rings. The van der Waals surface area contributed by atoms with Crippen molar-refractivity contribution in [2.75, 3.05) is 44.2 Å². The van der Waals surface area contributed by atoms with Crippen molar-refractivity contribution >= 4 is 33.3 Å². The molecule has 5 rings (SSSR count). The number of aromatic nitrogens is 1. The van der Waals surface area contributed by atoms with Crippen molar-refractivity contribution in [3.63, 3.8) is 0 Å². The van der Waals surface area contributed by atoms with Crippen LogP contribution in [0.4, 0.5) is 16.2 Å². The lowest BCUT2D eigenvalue weighted by Gasteiger charge is -2.33. The maximum atomic E-state index is 13.5. The summed E-state index contributed by atoms with van der Waals surface area (Å²) in [6.45, 7) is 6.76. The number of likely N-dealkylation sites (N-methyl/N-ethyl adjacent to an activating group) is 1. The Hall–Kier alpha value is -4.34. The van der Waals surface area contributed by atoms with Crippen molar-refractivity contribution in [3.8, 4) is 17.2 Å². The monoisotopic (exact) mass is 643 g/mol. The first-order valence-corrected chi connectivity index (χ1v) is 15.9. The Morgan fingerprint density at radius 1 is 1.11 bits per heavy atom. The number of urea groups is 1. The molecule has 14 nitrogen and oxygen atoms in total. The van der Waals surface area contributed by atoms with Crippen LogP contribution in [0.15, 0.2) is 45.8 Å². The van der Waals surface area contributed by atoms with Crippen molar-refractivity contribution < 1.29 is 41.8 Å². The van der Waals surface area contributed by atoms with Gasteiger partial charge in [0.25, 0.3) is 0 Å². The number of rotatable bonds is 8. The van der Waals surface area contributed by atoms with E-state index in [-0.39, 0.29) is 61.1 Å². The summed E-state index contributed by atoms with van der Waals surface area (Å²) in [5, 5.41) is 19.2. The number of carbonyl (C=O) groups excluding carboxylic acids is 2. The zero-order valence-electron chi connectivity index (χ0n) is 25.7. The first-order valence-electron chi connectivity index (χ1n) is 14.4. The Labute approximate surface area is 261 Å². The van der Waals surface area contributed by atoms with Gasteiger partial charge < -0.3 is 39.4 Å². The molecule has 0 bridgehead atoms. The van der Waals surface area contributed by atoms with E-state index in [0.717, 1.165) is 0 Å². The molecule has 45 heavy (non-hydrogen) atoms. The Morgan fingerprint density at radius 2 is 1.78 bits per heavy atom. The summed E-state index contributed by atoms with van der Waals surface area (Å²) in [6, 6.07) is 8.96. The second-order valence-corrected chi connectivity index (χ2v) is 13.3. The van der Waals surface area contributed by atoms with Crippen LogP contribution >= 0.6 is 0 Å². The highest BCUT2D eigenvalue weighted by molar-refractivity contribution is 7.89. The molecule has 2 aliphatic rings. The Morgan fingerprint density at radius 3 is 2.44 bits per heavy atom. The highest BCUT2D eigenvalue weighted by atomic mass is 32.2. The summed E-state index contributed by atoms with van der Waals surface area (Å²) in [7, 11) is -2.52. The summed E-state index contributed by atoms with van der Waals surface area (Å²) in [6.07, 6.45) is -0.748. The van der Waals surface area contributed by atoms with Crippen LogP contribution in [0.5, 0.6) is 17.2 Å². The zero-order valence-corrected chi connectivity index (χ0v) is 26.5. The molecule has 242 valence electrons. The van der Waals surface area contributed by atoms with Crippen LogP contribution in [0.2, 0.25) is 0 Å². The number of benzene rings is 2. The fourth-order valence-electron chi connectivity index (χ4n) is 5.34. The van der Waals surface area contributed by atoms with Crippen molar-refractivity contribution in [3.05, 3.63) is 53.4 Å². The van der Waals surface area contributed by atoms with Gasteiger partial charge in [-0.2, -0.15) is 4.31 Å². The van der Waals surface area contributed by atoms with Gasteiger partial charge in [0, 0.05) is 42.5 Å². The molecular weight excluding hydrogens is 606 g/mol. The number of nitrogens with one attached hydrogen (secondary N) is 2. The third-order valence-corrected chi connectivity index (χ3v) is 9.95. The quantitative estimate of drug-likeness (QED) is 0.331. The summed E-state index contributed by atoms with van der Waals surface area (Å²) < 4.78 is 50.4. The minimum Gasteiger partial charge on any atom is -0.488 e. The third-order valence-electron chi connectivity index (χ3n) is 7.88. The lowest BCUT2D eigenvalue weighted by Crippen LogP contribution is -2.48. The number of anilines is 2. The molecule has 0 aliphatic carbocycles. The maximum absolute atomic E-state index is 13.5. The molecule has 1 aromatic heterocycles. The van der Waals surface area contributed by atoms with Gasteiger partial charge >= 0.3 is 6.03 Å². The number of amides is 3. The van der Waals surface area contributed by atoms with Gasteiger partial charge in [-0.25, -0.2) is 13.2 Å². The largest absolute Gasteiger partial charge is 0.488 e. The number of fused-ring (bicyclic) bond motifs is 2. The summed E-state index contributed by atoms with van der Waals surface area (Å²) in [4.78, 5) is 27.9. The minimum atomic E-state index is -3.97. The van der Waals surface area contributed by atoms with E-state index < -0.39 is 28.2 Å². The number of ether oxygens (including phenoxy) is 3. The van der Waals surface area contributed by atoms with E-state index in [4.69, 9.17) is 18.7 Å². The smallest absolute Gasteiger partial charge is 0.323 e. The van der Waals surface area contributed by atoms with E-state index in [1.807, 2.05) is 6.92 Å². The molecule has 0 spiro atoms. The molecule has 2 aromatic carbocycles. The fourth-order valence-corrected chi connectivity index (χ4v) is 6.81. The molecule has 3 amide bonds. The molecule has 0 saturated heterocycles. The zero-order chi connectivity index (χ0) is 32.5. The first-order chi connectivity index (χ1) is 21.4. The highest BCUT2D eigenvalue weighted by Crippen LogP contribution is 2.35. The molecule has 3 atom stereocenters. The minimum absolute atomic E-state index is 0.00145. The number of hydrogen-bond donors (Lipinski definition) is 3. The standard InChI is InChI=1S/C30H37N5O9S/c1-17-13-35(18(2)15-36)28(37)11-21-10-22(31-30(38)32-23-7-9-25-26(12-23)42-16-41-25)6-8-24(21)43-27(17)14-34(5)45(39,40)29-19(3)33-44-20(29)4/h6-10,12,17-18,27,36H,11,13-16H2,1-5H3,(H2,31,32,38)/t17-,18+,27+/m0/s1. The Balaban J connectivity index is 1.40. The van der Waals surface area contributed by atoms with E-state index in [1.54, 1.807) is 55.1 Å². The molecule has 15 heteroatoms. The molecule has 3 heterocycles. The van der Waals surface area contributed by atoms with Crippen LogP contribution < -0.4 is 24.8 Å². The first kappa shape index (κ1) is 32.1. The Bertz CT molecular complexity index is 1670. The Kier molecular flexibility index (Phi) is 9.23. The van der Waals surface area contributed by atoms with E-state index >= 15 is 0 Å². The predicted octanol–water partition coefficient (Wildman–Crippen LogP) is 3.13. The second kappa shape index (κ2) is 12.9. The lowest BCUT2D eigenvalue weighted by atomic mass is 10.0. The lowest BCUT2D eigenvalue weighted by molar-refractivity contribution is -0.134. The molecule has 3 N–H and O–H groups in total.